The maximum Gasteiger partial charge on any atom is 0 e. The second-order valence-corrected chi connectivity index (χ2v) is 6.78. The van der Waals surface area contributed by atoms with Crippen LogP contribution in [-0.4, -0.2) is 0 Å². The van der Waals surface area contributed by atoms with Gasteiger partial charge in [0, 0.05) is 17.1 Å². The summed E-state index contributed by atoms with van der Waals surface area (Å²) < 4.78 is 0. The predicted octanol–water partition coefficient (Wildman–Crippen LogP) is 5.37. The van der Waals surface area contributed by atoms with Gasteiger partial charge in [-0.05, 0) is 35.5 Å². The van der Waals surface area contributed by atoms with E-state index < -0.39 is 0 Å². The van der Waals surface area contributed by atoms with Crippen LogP contribution in [0, 0.1) is 35.5 Å². The van der Waals surface area contributed by atoms with Gasteiger partial charge in [0.2, 0.25) is 0 Å². The molecule has 2 rings (SSSR count). The number of hydrogen-bond acceptors (Lipinski definition) is 0. The topological polar surface area (TPSA) is 0 Å². The van der Waals surface area contributed by atoms with E-state index in [1.165, 1.54) is 25.7 Å². The minimum absolute atomic E-state index is 0. The minimum atomic E-state index is 0. The first-order chi connectivity index (χ1) is 7.43. The monoisotopic (exact) mass is 280 g/mol. The summed E-state index contributed by atoms with van der Waals surface area (Å²) >= 11 is 0. The Morgan fingerprint density at radius 2 is 0.647 bits per heavy atom. The third kappa shape index (κ3) is 4.95. The summed E-state index contributed by atoms with van der Waals surface area (Å²) in [5.74, 6) is 5.93. The molecule has 2 aliphatic carbocycles. The molecule has 17 heavy (non-hydrogen) atoms. The van der Waals surface area contributed by atoms with Gasteiger partial charge in [-0.15, -0.1) is 0 Å². The summed E-state index contributed by atoms with van der Waals surface area (Å²) in [4.78, 5) is 0. The van der Waals surface area contributed by atoms with Crippen molar-refractivity contribution < 1.29 is 17.1 Å². The van der Waals surface area contributed by atoms with E-state index in [9.17, 15) is 0 Å². The van der Waals surface area contributed by atoms with Crippen LogP contribution < -0.4 is 0 Å². The molecule has 0 heterocycles. The van der Waals surface area contributed by atoms with E-state index in [1.807, 2.05) is 0 Å². The van der Waals surface area contributed by atoms with Gasteiger partial charge < -0.3 is 0 Å². The Bertz CT molecular complexity index is 160. The van der Waals surface area contributed by atoms with Crippen LogP contribution >= 0.6 is 0 Å². The molecular weight excluding hydrogens is 248 g/mol. The van der Waals surface area contributed by atoms with Crippen LogP contribution in [0.3, 0.4) is 0 Å². The van der Waals surface area contributed by atoms with Crippen molar-refractivity contribution in [3.05, 3.63) is 0 Å². The van der Waals surface area contributed by atoms with Crippen molar-refractivity contribution in [2.75, 3.05) is 0 Å². The SMILES string of the molecule is CC1CCC(C)C1C.CC1CCC(C)C1C.[Fe]. The summed E-state index contributed by atoms with van der Waals surface area (Å²) in [5.41, 5.74) is 0. The largest absolute Gasteiger partial charge is 0.0622 e. The molecule has 4 unspecified atom stereocenters. The summed E-state index contributed by atoms with van der Waals surface area (Å²) in [6.07, 6.45) is 5.84. The van der Waals surface area contributed by atoms with Gasteiger partial charge in [0.05, 0.1) is 0 Å². The van der Waals surface area contributed by atoms with E-state index in [0.717, 1.165) is 35.5 Å². The molecule has 1 heteroatoms. The van der Waals surface area contributed by atoms with E-state index in [-0.39, 0.29) is 17.1 Å². The van der Waals surface area contributed by atoms with Gasteiger partial charge in [-0.1, -0.05) is 67.2 Å². The Morgan fingerprint density at radius 3 is 0.706 bits per heavy atom. The van der Waals surface area contributed by atoms with Crippen molar-refractivity contribution in [1.82, 2.24) is 0 Å². The fourth-order valence-electron chi connectivity index (χ4n) is 3.22. The third-order valence-corrected chi connectivity index (χ3v) is 5.74. The smallest absolute Gasteiger partial charge is 0 e. The molecule has 0 radical (unpaired) electrons. The minimum Gasteiger partial charge on any atom is -0.0622 e. The predicted molar refractivity (Wildman–Crippen MR) is 73.5 cm³/mol. The molecule has 0 amide bonds. The van der Waals surface area contributed by atoms with Gasteiger partial charge >= 0.3 is 0 Å². The molecule has 2 saturated carbocycles. The van der Waals surface area contributed by atoms with Crippen LogP contribution in [0.2, 0.25) is 0 Å². The average molecular weight is 280 g/mol. The molecule has 104 valence electrons. The van der Waals surface area contributed by atoms with Crippen molar-refractivity contribution in [2.24, 2.45) is 35.5 Å². The van der Waals surface area contributed by atoms with Crippen LogP contribution in [0.5, 0.6) is 0 Å². The van der Waals surface area contributed by atoms with Gasteiger partial charge in [0.1, 0.15) is 0 Å². The van der Waals surface area contributed by atoms with E-state index in [0.29, 0.717) is 0 Å². The van der Waals surface area contributed by atoms with Crippen LogP contribution in [0.15, 0.2) is 0 Å². The molecule has 2 fully saturated rings. The van der Waals surface area contributed by atoms with Gasteiger partial charge in [0.15, 0.2) is 0 Å². The molecule has 0 N–H and O–H groups in total. The zero-order valence-corrected chi connectivity index (χ0v) is 13.8. The van der Waals surface area contributed by atoms with E-state index >= 15 is 0 Å². The normalized spacial score (nSPS) is 44.8. The zero-order valence-electron chi connectivity index (χ0n) is 12.6. The Morgan fingerprint density at radius 1 is 0.471 bits per heavy atom. The first kappa shape index (κ1) is 17.5. The quantitative estimate of drug-likeness (QED) is 0.523. The van der Waals surface area contributed by atoms with Crippen molar-refractivity contribution in [3.63, 3.8) is 0 Å². The average Bonchev–Trinajstić information content (AvgIpc) is 2.70. The van der Waals surface area contributed by atoms with Crippen molar-refractivity contribution in [2.45, 2.75) is 67.2 Å². The first-order valence-corrected chi connectivity index (χ1v) is 7.43. The first-order valence-electron chi connectivity index (χ1n) is 7.43. The van der Waals surface area contributed by atoms with Crippen LogP contribution in [0.1, 0.15) is 67.2 Å². The molecule has 0 saturated heterocycles. The van der Waals surface area contributed by atoms with Crippen LogP contribution in [0.25, 0.3) is 0 Å². The Hall–Kier alpha value is 0.519. The van der Waals surface area contributed by atoms with Crippen LogP contribution in [-0.2, 0) is 17.1 Å². The molecule has 4 atom stereocenters. The van der Waals surface area contributed by atoms with Crippen molar-refractivity contribution >= 4 is 0 Å². The molecule has 0 bridgehead atoms. The van der Waals surface area contributed by atoms with Crippen LogP contribution in [0.4, 0.5) is 0 Å². The summed E-state index contributed by atoms with van der Waals surface area (Å²) in [6, 6.07) is 0. The maximum absolute atomic E-state index is 2.38. The van der Waals surface area contributed by atoms with Gasteiger partial charge in [-0.2, -0.15) is 0 Å². The molecule has 2 aliphatic rings. The fourth-order valence-corrected chi connectivity index (χ4v) is 3.22. The van der Waals surface area contributed by atoms with Crippen molar-refractivity contribution in [1.29, 1.82) is 0 Å². The van der Waals surface area contributed by atoms with Gasteiger partial charge in [0.25, 0.3) is 0 Å². The number of hydrogen-bond donors (Lipinski definition) is 0. The Kier molecular flexibility index (Phi) is 8.09. The summed E-state index contributed by atoms with van der Waals surface area (Å²) in [7, 11) is 0. The van der Waals surface area contributed by atoms with E-state index in [2.05, 4.69) is 41.5 Å². The van der Waals surface area contributed by atoms with Gasteiger partial charge in [-0.3, -0.25) is 0 Å². The molecule has 0 aromatic carbocycles. The van der Waals surface area contributed by atoms with E-state index in [1.54, 1.807) is 0 Å². The summed E-state index contributed by atoms with van der Waals surface area (Å²) in [6.45, 7) is 14.2. The van der Waals surface area contributed by atoms with E-state index in [4.69, 9.17) is 0 Å². The molecular formula is C16H32Fe. The second kappa shape index (κ2) is 7.85. The second-order valence-electron chi connectivity index (χ2n) is 6.78. The standard InChI is InChI=1S/2C8H16.Fe/c2*1-6-4-5-7(2)8(6)3;/h2*6-8H,4-5H2,1-3H3;. The van der Waals surface area contributed by atoms with Crippen molar-refractivity contribution in [3.8, 4) is 0 Å². The maximum atomic E-state index is 2.38. The zero-order chi connectivity index (χ0) is 12.3. The molecule has 0 aliphatic heterocycles. The van der Waals surface area contributed by atoms with Gasteiger partial charge in [-0.25, -0.2) is 0 Å². The Balaban J connectivity index is 0.000000284. The molecule has 0 aromatic rings. The Labute approximate surface area is 120 Å². The molecule has 0 aromatic heterocycles. The fraction of sp³-hybridized carbons (Fsp3) is 1.00. The molecule has 0 spiro atoms. The molecule has 0 nitrogen and oxygen atoms in total. The number of rotatable bonds is 0. The summed E-state index contributed by atoms with van der Waals surface area (Å²) in [5, 5.41) is 0. The third-order valence-electron chi connectivity index (χ3n) is 5.74.